The van der Waals surface area contributed by atoms with Crippen LogP contribution in [0.1, 0.15) is 30.7 Å². The van der Waals surface area contributed by atoms with Gasteiger partial charge in [0.2, 0.25) is 0 Å². The fourth-order valence-electron chi connectivity index (χ4n) is 3.80. The summed E-state index contributed by atoms with van der Waals surface area (Å²) >= 11 is 1.57. The quantitative estimate of drug-likeness (QED) is 0.550. The van der Waals surface area contributed by atoms with Crippen molar-refractivity contribution >= 4 is 32.6 Å². The Bertz CT molecular complexity index is 1150. The lowest BCUT2D eigenvalue weighted by Crippen LogP contribution is -2.34. The lowest BCUT2D eigenvalue weighted by atomic mass is 9.78. The van der Waals surface area contributed by atoms with Crippen LogP contribution in [0.3, 0.4) is 0 Å². The molecule has 1 fully saturated rings. The van der Waals surface area contributed by atoms with Gasteiger partial charge in [0, 0.05) is 47.3 Å². The zero-order valence-electron chi connectivity index (χ0n) is 15.9. The van der Waals surface area contributed by atoms with E-state index in [2.05, 4.69) is 35.2 Å². The number of hydrogen-bond donors (Lipinski definition) is 1. The van der Waals surface area contributed by atoms with Gasteiger partial charge in [-0.1, -0.05) is 0 Å². The van der Waals surface area contributed by atoms with Gasteiger partial charge in [0.1, 0.15) is 4.83 Å². The largest absolute Gasteiger partial charge is 0.387 e. The van der Waals surface area contributed by atoms with Crippen molar-refractivity contribution in [2.45, 2.75) is 38.5 Å². The van der Waals surface area contributed by atoms with E-state index in [0.29, 0.717) is 6.10 Å². The molecule has 1 aliphatic rings. The first kappa shape index (κ1) is 17.7. The molecule has 144 valence electrons. The average Bonchev–Trinajstić information content (AvgIpc) is 3.29. The van der Waals surface area contributed by atoms with E-state index in [9.17, 15) is 5.11 Å². The standard InChI is InChI=1S/C21H22N4O2S/c1-3-25-11-15-6-14(10-22-20(15)24-25)17-5-4-12-9-18(28-21(12)23-17)19(26)13-7-16(8-13)27-2/h4-6,9-11,13,16,19,26H,3,7-8H2,1-2H3/t13?,16?,19-/m0/s1. The molecule has 0 bridgehead atoms. The van der Waals surface area contributed by atoms with Crippen LogP contribution in [-0.2, 0) is 11.3 Å². The fraction of sp³-hybridized carbons (Fsp3) is 0.381. The zero-order valence-corrected chi connectivity index (χ0v) is 16.7. The average molecular weight is 395 g/mol. The number of aryl methyl sites for hydroxylation is 1. The van der Waals surface area contributed by atoms with Crippen molar-refractivity contribution in [1.82, 2.24) is 19.7 Å². The number of thiophene rings is 1. The molecule has 0 radical (unpaired) electrons. The molecule has 1 N–H and O–H groups in total. The summed E-state index contributed by atoms with van der Waals surface area (Å²) in [6.45, 7) is 2.88. The van der Waals surface area contributed by atoms with Crippen LogP contribution < -0.4 is 0 Å². The van der Waals surface area contributed by atoms with E-state index < -0.39 is 6.10 Å². The SMILES string of the molecule is CCn1cc2cc(-c3ccc4cc([C@@H](O)C5CC(OC)C5)sc4n3)cnc2n1. The summed E-state index contributed by atoms with van der Waals surface area (Å²) < 4.78 is 7.22. The molecular formula is C21H22N4O2S. The summed E-state index contributed by atoms with van der Waals surface area (Å²) in [5, 5.41) is 17.2. The van der Waals surface area contributed by atoms with Crippen molar-refractivity contribution < 1.29 is 9.84 Å². The van der Waals surface area contributed by atoms with Crippen LogP contribution in [0.4, 0.5) is 0 Å². The highest BCUT2D eigenvalue weighted by Crippen LogP contribution is 2.42. The Balaban J connectivity index is 1.45. The number of hydrogen-bond acceptors (Lipinski definition) is 6. The van der Waals surface area contributed by atoms with Crippen LogP contribution in [0.25, 0.3) is 32.5 Å². The molecule has 0 amide bonds. The van der Waals surface area contributed by atoms with Gasteiger partial charge in [-0.3, -0.25) is 4.68 Å². The molecule has 1 atom stereocenters. The molecule has 0 aromatic carbocycles. The molecule has 28 heavy (non-hydrogen) atoms. The summed E-state index contributed by atoms with van der Waals surface area (Å²) in [4.78, 5) is 11.2. The maximum absolute atomic E-state index is 10.7. The lowest BCUT2D eigenvalue weighted by Gasteiger charge is -2.36. The molecule has 4 aromatic rings. The molecule has 7 heteroatoms. The molecule has 4 aromatic heterocycles. The number of aliphatic hydroxyl groups excluding tert-OH is 1. The second-order valence-electron chi connectivity index (χ2n) is 7.40. The highest BCUT2D eigenvalue weighted by Gasteiger charge is 2.35. The summed E-state index contributed by atoms with van der Waals surface area (Å²) in [6.07, 6.45) is 5.52. The second-order valence-corrected chi connectivity index (χ2v) is 8.46. The number of ether oxygens (including phenoxy) is 1. The minimum atomic E-state index is -0.438. The van der Waals surface area contributed by atoms with Crippen molar-refractivity contribution in [3.63, 3.8) is 0 Å². The van der Waals surface area contributed by atoms with Crippen molar-refractivity contribution in [1.29, 1.82) is 0 Å². The predicted octanol–water partition coefficient (Wildman–Crippen LogP) is 4.19. The van der Waals surface area contributed by atoms with Crippen LogP contribution in [0.2, 0.25) is 0 Å². The summed E-state index contributed by atoms with van der Waals surface area (Å²) in [5.74, 6) is 0.277. The molecule has 0 unspecified atom stereocenters. The van der Waals surface area contributed by atoms with E-state index in [4.69, 9.17) is 9.72 Å². The van der Waals surface area contributed by atoms with Gasteiger partial charge in [-0.2, -0.15) is 5.10 Å². The Kier molecular flexibility index (Phi) is 4.38. The summed E-state index contributed by atoms with van der Waals surface area (Å²) in [7, 11) is 1.73. The topological polar surface area (TPSA) is 73.1 Å². The Morgan fingerprint density at radius 3 is 2.93 bits per heavy atom. The first-order chi connectivity index (χ1) is 13.6. The van der Waals surface area contributed by atoms with Gasteiger partial charge in [-0.05, 0) is 49.9 Å². The van der Waals surface area contributed by atoms with Gasteiger partial charge < -0.3 is 9.84 Å². The third-order valence-corrected chi connectivity index (χ3v) is 6.75. The Hall–Kier alpha value is -2.35. The number of rotatable bonds is 5. The maximum atomic E-state index is 10.7. The minimum Gasteiger partial charge on any atom is -0.387 e. The Labute approximate surface area is 166 Å². The van der Waals surface area contributed by atoms with Gasteiger partial charge in [0.25, 0.3) is 0 Å². The highest BCUT2D eigenvalue weighted by atomic mass is 32.1. The molecule has 0 aliphatic heterocycles. The maximum Gasteiger partial charge on any atom is 0.181 e. The van der Waals surface area contributed by atoms with Crippen molar-refractivity contribution in [2.24, 2.45) is 5.92 Å². The van der Waals surface area contributed by atoms with Gasteiger partial charge in [-0.15, -0.1) is 11.3 Å². The van der Waals surface area contributed by atoms with Crippen LogP contribution >= 0.6 is 11.3 Å². The van der Waals surface area contributed by atoms with Crippen LogP contribution in [-0.4, -0.2) is 38.1 Å². The van der Waals surface area contributed by atoms with E-state index in [1.165, 1.54) is 0 Å². The number of fused-ring (bicyclic) bond motifs is 2. The van der Waals surface area contributed by atoms with Crippen LogP contribution in [0.15, 0.2) is 36.7 Å². The number of aromatic nitrogens is 4. The summed E-state index contributed by atoms with van der Waals surface area (Å²) in [6, 6.07) is 8.23. The normalized spacial score (nSPS) is 20.5. The van der Waals surface area contributed by atoms with E-state index in [1.54, 1.807) is 18.4 Å². The molecule has 5 rings (SSSR count). The molecule has 0 spiro atoms. The van der Waals surface area contributed by atoms with Crippen molar-refractivity contribution in [2.75, 3.05) is 7.11 Å². The van der Waals surface area contributed by atoms with Gasteiger partial charge in [0.05, 0.1) is 17.9 Å². The van der Waals surface area contributed by atoms with Gasteiger partial charge in [0.15, 0.2) is 5.65 Å². The molecule has 1 aliphatic carbocycles. The lowest BCUT2D eigenvalue weighted by molar-refractivity contribution is -0.0501. The van der Waals surface area contributed by atoms with E-state index in [1.807, 2.05) is 23.1 Å². The zero-order chi connectivity index (χ0) is 19.3. The predicted molar refractivity (Wildman–Crippen MR) is 110 cm³/mol. The van der Waals surface area contributed by atoms with Gasteiger partial charge in [-0.25, -0.2) is 9.97 Å². The first-order valence-electron chi connectivity index (χ1n) is 9.59. The molecule has 0 saturated heterocycles. The number of aliphatic hydroxyl groups is 1. The number of nitrogens with zero attached hydrogens (tertiary/aromatic N) is 4. The van der Waals surface area contributed by atoms with E-state index in [-0.39, 0.29) is 5.92 Å². The van der Waals surface area contributed by atoms with Gasteiger partial charge >= 0.3 is 0 Å². The Morgan fingerprint density at radius 2 is 2.14 bits per heavy atom. The molecule has 1 saturated carbocycles. The molecular weight excluding hydrogens is 372 g/mol. The van der Waals surface area contributed by atoms with Crippen LogP contribution in [0.5, 0.6) is 0 Å². The third kappa shape index (κ3) is 2.99. The Morgan fingerprint density at radius 1 is 1.29 bits per heavy atom. The summed E-state index contributed by atoms with van der Waals surface area (Å²) in [5.41, 5.74) is 2.61. The second kappa shape index (κ2) is 6.92. The van der Waals surface area contributed by atoms with Crippen LogP contribution in [0, 0.1) is 5.92 Å². The first-order valence-corrected chi connectivity index (χ1v) is 10.4. The van der Waals surface area contributed by atoms with E-state index >= 15 is 0 Å². The molecule has 4 heterocycles. The number of methoxy groups -OCH3 is 1. The third-order valence-electron chi connectivity index (χ3n) is 5.63. The smallest absolute Gasteiger partial charge is 0.181 e. The highest BCUT2D eigenvalue weighted by molar-refractivity contribution is 7.18. The fourth-order valence-corrected chi connectivity index (χ4v) is 4.91. The van der Waals surface area contributed by atoms with Crippen molar-refractivity contribution in [3.8, 4) is 11.3 Å². The van der Waals surface area contributed by atoms with E-state index in [0.717, 1.165) is 56.8 Å². The number of pyridine rings is 2. The molecule has 6 nitrogen and oxygen atoms in total. The van der Waals surface area contributed by atoms with Crippen molar-refractivity contribution in [3.05, 3.63) is 41.5 Å². The minimum absolute atomic E-state index is 0.277. The monoisotopic (exact) mass is 394 g/mol.